The maximum absolute atomic E-state index is 11.6. The van der Waals surface area contributed by atoms with Gasteiger partial charge in [0.05, 0.1) is 29.3 Å². The first-order chi connectivity index (χ1) is 9.43. The minimum absolute atomic E-state index is 0.0446. The summed E-state index contributed by atoms with van der Waals surface area (Å²) in [6.07, 6.45) is 1.82. The Bertz CT molecular complexity index is 670. The SMILES string of the molecule is Nc1cc2c(cc1NC1CCCS(=O)(=O)C1)NC(=O)C2. The van der Waals surface area contributed by atoms with Crippen LogP contribution in [0.5, 0.6) is 0 Å². The van der Waals surface area contributed by atoms with Gasteiger partial charge in [-0.2, -0.15) is 0 Å². The van der Waals surface area contributed by atoms with Gasteiger partial charge in [-0.1, -0.05) is 0 Å². The molecule has 4 N–H and O–H groups in total. The van der Waals surface area contributed by atoms with Gasteiger partial charge in [0.25, 0.3) is 0 Å². The van der Waals surface area contributed by atoms with Crippen LogP contribution in [0.25, 0.3) is 0 Å². The summed E-state index contributed by atoms with van der Waals surface area (Å²) in [5.41, 5.74) is 8.84. The fourth-order valence-electron chi connectivity index (χ4n) is 2.78. The Morgan fingerprint density at radius 2 is 2.15 bits per heavy atom. The number of amides is 1. The number of hydrogen-bond donors (Lipinski definition) is 3. The highest BCUT2D eigenvalue weighted by Crippen LogP contribution is 2.32. The molecule has 0 aliphatic carbocycles. The number of sulfone groups is 1. The topological polar surface area (TPSA) is 101 Å². The number of rotatable bonds is 2. The number of fused-ring (bicyclic) bond motifs is 1. The Hall–Kier alpha value is -1.76. The molecule has 0 saturated carbocycles. The van der Waals surface area contributed by atoms with Gasteiger partial charge in [-0.25, -0.2) is 8.42 Å². The largest absolute Gasteiger partial charge is 0.397 e. The Labute approximate surface area is 117 Å². The van der Waals surface area contributed by atoms with Crippen LogP contribution in [0, 0.1) is 0 Å². The van der Waals surface area contributed by atoms with Crippen LogP contribution in [-0.4, -0.2) is 31.9 Å². The van der Waals surface area contributed by atoms with E-state index in [9.17, 15) is 13.2 Å². The van der Waals surface area contributed by atoms with E-state index in [4.69, 9.17) is 5.73 Å². The Morgan fingerprint density at radius 1 is 1.35 bits per heavy atom. The van der Waals surface area contributed by atoms with Gasteiger partial charge in [0, 0.05) is 11.7 Å². The maximum atomic E-state index is 11.6. The summed E-state index contributed by atoms with van der Waals surface area (Å²) >= 11 is 0. The second kappa shape index (κ2) is 4.66. The fourth-order valence-corrected chi connectivity index (χ4v) is 4.41. The molecule has 0 spiro atoms. The third kappa shape index (κ3) is 2.58. The van der Waals surface area contributed by atoms with Crippen molar-refractivity contribution in [3.63, 3.8) is 0 Å². The van der Waals surface area contributed by atoms with Crippen molar-refractivity contribution < 1.29 is 13.2 Å². The smallest absolute Gasteiger partial charge is 0.228 e. The zero-order valence-electron chi connectivity index (χ0n) is 11.0. The van der Waals surface area contributed by atoms with Crippen LogP contribution in [0.1, 0.15) is 18.4 Å². The number of nitrogens with two attached hydrogens (primary N) is 1. The lowest BCUT2D eigenvalue weighted by Crippen LogP contribution is -2.35. The Morgan fingerprint density at radius 3 is 2.90 bits per heavy atom. The molecule has 1 aromatic rings. The third-order valence-electron chi connectivity index (χ3n) is 3.72. The summed E-state index contributed by atoms with van der Waals surface area (Å²) in [5, 5.41) is 5.96. The first kappa shape index (κ1) is 13.2. The van der Waals surface area contributed by atoms with Gasteiger partial charge >= 0.3 is 0 Å². The van der Waals surface area contributed by atoms with E-state index in [-0.39, 0.29) is 23.5 Å². The number of carbonyl (C=O) groups excluding carboxylic acids is 1. The molecule has 1 amide bonds. The van der Waals surface area contributed by atoms with E-state index >= 15 is 0 Å². The van der Waals surface area contributed by atoms with Gasteiger partial charge in [-0.05, 0) is 30.5 Å². The monoisotopic (exact) mass is 295 g/mol. The zero-order valence-corrected chi connectivity index (χ0v) is 11.8. The summed E-state index contributed by atoms with van der Waals surface area (Å²) in [7, 11) is -2.96. The van der Waals surface area contributed by atoms with Crippen molar-refractivity contribution >= 4 is 32.8 Å². The van der Waals surface area contributed by atoms with Crippen molar-refractivity contribution in [1.82, 2.24) is 0 Å². The van der Waals surface area contributed by atoms with Gasteiger partial charge in [-0.15, -0.1) is 0 Å². The van der Waals surface area contributed by atoms with Crippen LogP contribution in [0.4, 0.5) is 17.1 Å². The van der Waals surface area contributed by atoms with Crippen LogP contribution in [0.15, 0.2) is 12.1 Å². The fraction of sp³-hybridized carbons (Fsp3) is 0.462. The van der Waals surface area contributed by atoms with E-state index in [2.05, 4.69) is 10.6 Å². The molecule has 1 fully saturated rings. The molecule has 1 saturated heterocycles. The predicted molar refractivity (Wildman–Crippen MR) is 78.5 cm³/mol. The molecule has 1 unspecified atom stereocenters. The lowest BCUT2D eigenvalue weighted by Gasteiger charge is -2.25. The number of benzene rings is 1. The van der Waals surface area contributed by atoms with Gasteiger partial charge in [0.2, 0.25) is 5.91 Å². The van der Waals surface area contributed by atoms with Crippen LogP contribution in [0.3, 0.4) is 0 Å². The second-order valence-corrected chi connectivity index (χ2v) is 7.65. The Kier molecular flexibility index (Phi) is 3.08. The molecular weight excluding hydrogens is 278 g/mol. The normalized spacial score (nSPS) is 24.0. The van der Waals surface area contributed by atoms with Crippen LogP contribution in [-0.2, 0) is 21.1 Å². The number of carbonyl (C=O) groups is 1. The van der Waals surface area contributed by atoms with Gasteiger partial charge < -0.3 is 16.4 Å². The summed E-state index contributed by atoms with van der Waals surface area (Å²) in [6, 6.07) is 3.44. The molecular formula is C13H17N3O3S. The number of anilines is 3. The van der Waals surface area contributed by atoms with Gasteiger partial charge in [-0.3, -0.25) is 4.79 Å². The summed E-state index contributed by atoms with van der Waals surface area (Å²) in [6.45, 7) is 0. The first-order valence-electron chi connectivity index (χ1n) is 6.62. The number of nitrogen functional groups attached to an aromatic ring is 1. The molecule has 1 atom stereocenters. The average molecular weight is 295 g/mol. The first-order valence-corrected chi connectivity index (χ1v) is 8.44. The van der Waals surface area contributed by atoms with Crippen molar-refractivity contribution in [2.24, 2.45) is 0 Å². The van der Waals surface area contributed by atoms with Crippen molar-refractivity contribution in [3.8, 4) is 0 Å². The molecule has 7 heteroatoms. The molecule has 3 rings (SSSR count). The maximum Gasteiger partial charge on any atom is 0.228 e. The molecule has 6 nitrogen and oxygen atoms in total. The van der Waals surface area contributed by atoms with E-state index in [0.717, 1.165) is 17.7 Å². The lowest BCUT2D eigenvalue weighted by atomic mass is 10.1. The summed E-state index contributed by atoms with van der Waals surface area (Å²) in [5.74, 6) is 0.355. The molecule has 0 radical (unpaired) electrons. The highest BCUT2D eigenvalue weighted by molar-refractivity contribution is 7.91. The van der Waals surface area contributed by atoms with Crippen LogP contribution in [0.2, 0.25) is 0 Å². The van der Waals surface area contributed by atoms with E-state index in [1.54, 1.807) is 12.1 Å². The summed E-state index contributed by atoms with van der Waals surface area (Å²) < 4.78 is 23.3. The highest BCUT2D eigenvalue weighted by Gasteiger charge is 2.26. The molecule has 0 bridgehead atoms. The van der Waals surface area contributed by atoms with E-state index in [1.807, 2.05) is 0 Å². The molecule has 1 aromatic carbocycles. The quantitative estimate of drug-likeness (QED) is 0.699. The Balaban J connectivity index is 1.81. The average Bonchev–Trinajstić information content (AvgIpc) is 2.67. The van der Waals surface area contributed by atoms with Crippen LogP contribution < -0.4 is 16.4 Å². The molecule has 2 aliphatic rings. The van der Waals surface area contributed by atoms with Crippen molar-refractivity contribution in [3.05, 3.63) is 17.7 Å². The van der Waals surface area contributed by atoms with Crippen molar-refractivity contribution in [2.45, 2.75) is 25.3 Å². The number of nitrogens with one attached hydrogen (secondary N) is 2. The lowest BCUT2D eigenvalue weighted by molar-refractivity contribution is -0.115. The second-order valence-electron chi connectivity index (χ2n) is 5.42. The number of hydrogen-bond acceptors (Lipinski definition) is 5. The molecule has 2 heterocycles. The van der Waals surface area contributed by atoms with E-state index in [1.165, 1.54) is 0 Å². The minimum atomic E-state index is -2.96. The zero-order chi connectivity index (χ0) is 14.3. The van der Waals surface area contributed by atoms with Crippen molar-refractivity contribution in [2.75, 3.05) is 27.9 Å². The standard InChI is InChI=1S/C13H17N3O3S/c14-10-4-8-5-13(17)16-11(8)6-12(10)15-9-2-1-3-20(18,19)7-9/h4,6,9,15H,1-3,5,7,14H2,(H,16,17). The molecule has 108 valence electrons. The van der Waals surface area contributed by atoms with Crippen LogP contribution >= 0.6 is 0 Å². The summed E-state index contributed by atoms with van der Waals surface area (Å²) in [4.78, 5) is 11.3. The molecule has 2 aliphatic heterocycles. The minimum Gasteiger partial charge on any atom is -0.397 e. The molecule has 20 heavy (non-hydrogen) atoms. The third-order valence-corrected chi connectivity index (χ3v) is 5.54. The predicted octanol–water partition coefficient (Wildman–Crippen LogP) is 0.752. The van der Waals surface area contributed by atoms with Crippen molar-refractivity contribution in [1.29, 1.82) is 0 Å². The van der Waals surface area contributed by atoms with Gasteiger partial charge in [0.15, 0.2) is 9.84 Å². The van der Waals surface area contributed by atoms with Gasteiger partial charge in [0.1, 0.15) is 0 Å². The van der Waals surface area contributed by atoms with E-state index < -0.39 is 9.84 Å². The highest BCUT2D eigenvalue weighted by atomic mass is 32.2. The molecule has 0 aromatic heterocycles. The van der Waals surface area contributed by atoms with E-state index in [0.29, 0.717) is 24.2 Å².